The summed E-state index contributed by atoms with van der Waals surface area (Å²) in [6.45, 7) is 0.495. The lowest BCUT2D eigenvalue weighted by Crippen LogP contribution is -2.14. The first kappa shape index (κ1) is 22.0. The molecule has 0 aliphatic rings. The first-order valence-corrected chi connectivity index (χ1v) is 11.1. The molecule has 4 aromatic rings. The fourth-order valence-corrected chi connectivity index (χ4v) is 3.65. The van der Waals surface area contributed by atoms with E-state index in [1.165, 1.54) is 11.3 Å². The molecule has 0 unspecified atom stereocenters. The van der Waals surface area contributed by atoms with Crippen LogP contribution in [-0.2, 0) is 13.2 Å². The van der Waals surface area contributed by atoms with Gasteiger partial charge < -0.3 is 20.5 Å². The second-order valence-corrected chi connectivity index (χ2v) is 7.79. The number of hydrogen-bond acceptors (Lipinski definition) is 6. The van der Waals surface area contributed by atoms with Crippen molar-refractivity contribution >= 4 is 28.8 Å². The number of para-hydroxylation sites is 3. The van der Waals surface area contributed by atoms with Crippen molar-refractivity contribution in [2.45, 2.75) is 13.2 Å². The van der Waals surface area contributed by atoms with Crippen molar-refractivity contribution in [2.75, 3.05) is 5.32 Å². The summed E-state index contributed by atoms with van der Waals surface area (Å²) in [4.78, 5) is 28.7. The van der Waals surface area contributed by atoms with E-state index < -0.39 is 5.91 Å². The average Bonchev–Trinajstić information content (AvgIpc) is 3.36. The fraction of sp³-hybridized carbons (Fsp3) is 0.0800. The SMILES string of the molecule is NC(=O)c1ccccc1OCc1cccc(C(=O)Nc2ccccc2OCc2cscn2)c1. The van der Waals surface area contributed by atoms with Crippen LogP contribution < -0.4 is 20.5 Å². The van der Waals surface area contributed by atoms with Crippen molar-refractivity contribution in [1.82, 2.24) is 4.98 Å². The van der Waals surface area contributed by atoms with Crippen LogP contribution >= 0.6 is 11.3 Å². The number of nitrogens with zero attached hydrogens (tertiary/aromatic N) is 1. The average molecular weight is 460 g/mol. The normalized spacial score (nSPS) is 10.4. The van der Waals surface area contributed by atoms with Gasteiger partial charge in [-0.3, -0.25) is 9.59 Å². The van der Waals surface area contributed by atoms with Crippen LogP contribution in [0.25, 0.3) is 0 Å². The first-order valence-electron chi connectivity index (χ1n) is 10.1. The first-order chi connectivity index (χ1) is 16.1. The molecule has 1 aromatic heterocycles. The van der Waals surface area contributed by atoms with Gasteiger partial charge in [0, 0.05) is 10.9 Å². The number of thiazole rings is 1. The van der Waals surface area contributed by atoms with Crippen LogP contribution in [0.4, 0.5) is 5.69 Å². The molecule has 2 amide bonds. The molecular formula is C25H21N3O4S. The number of nitrogens with one attached hydrogen (secondary N) is 1. The number of nitrogens with two attached hydrogens (primary N) is 1. The molecule has 0 atom stereocenters. The summed E-state index contributed by atoms with van der Waals surface area (Å²) in [6.07, 6.45) is 0. The number of aromatic nitrogens is 1. The fourth-order valence-electron chi connectivity index (χ4n) is 3.11. The van der Waals surface area contributed by atoms with Crippen molar-refractivity contribution in [1.29, 1.82) is 0 Å². The summed E-state index contributed by atoms with van der Waals surface area (Å²) < 4.78 is 11.6. The van der Waals surface area contributed by atoms with Gasteiger partial charge in [-0.2, -0.15) is 0 Å². The van der Waals surface area contributed by atoms with Crippen LogP contribution in [0.1, 0.15) is 32.0 Å². The van der Waals surface area contributed by atoms with E-state index in [2.05, 4.69) is 10.3 Å². The smallest absolute Gasteiger partial charge is 0.255 e. The third-order valence-corrected chi connectivity index (χ3v) is 5.37. The molecule has 0 aliphatic heterocycles. The molecule has 33 heavy (non-hydrogen) atoms. The lowest BCUT2D eigenvalue weighted by atomic mass is 10.1. The lowest BCUT2D eigenvalue weighted by molar-refractivity contribution is 0.0994. The van der Waals surface area contributed by atoms with Gasteiger partial charge >= 0.3 is 0 Å². The Morgan fingerprint density at radius 2 is 1.67 bits per heavy atom. The van der Waals surface area contributed by atoms with E-state index in [1.54, 1.807) is 60.1 Å². The van der Waals surface area contributed by atoms with Crippen molar-refractivity contribution in [3.05, 3.63) is 106 Å². The highest BCUT2D eigenvalue weighted by molar-refractivity contribution is 7.07. The number of carbonyl (C=O) groups is 2. The molecule has 166 valence electrons. The van der Waals surface area contributed by atoms with E-state index in [-0.39, 0.29) is 12.5 Å². The number of primary amides is 1. The molecule has 1 heterocycles. The minimum atomic E-state index is -0.561. The van der Waals surface area contributed by atoms with Crippen LogP contribution in [-0.4, -0.2) is 16.8 Å². The minimum absolute atomic E-state index is 0.179. The minimum Gasteiger partial charge on any atom is -0.488 e. The van der Waals surface area contributed by atoms with Crippen LogP contribution in [0, 0.1) is 0 Å². The second-order valence-electron chi connectivity index (χ2n) is 7.07. The lowest BCUT2D eigenvalue weighted by Gasteiger charge is -2.13. The highest BCUT2D eigenvalue weighted by Gasteiger charge is 2.12. The summed E-state index contributed by atoms with van der Waals surface area (Å²) in [6, 6.07) is 21.1. The number of rotatable bonds is 9. The Morgan fingerprint density at radius 3 is 2.45 bits per heavy atom. The number of hydrogen-bond donors (Lipinski definition) is 2. The van der Waals surface area contributed by atoms with Crippen molar-refractivity contribution in [3.8, 4) is 11.5 Å². The Kier molecular flexibility index (Phi) is 6.96. The molecular weight excluding hydrogens is 438 g/mol. The molecule has 0 fully saturated rings. The van der Waals surface area contributed by atoms with Crippen LogP contribution in [0.15, 0.2) is 83.7 Å². The van der Waals surface area contributed by atoms with Gasteiger partial charge in [-0.25, -0.2) is 4.98 Å². The maximum atomic E-state index is 12.9. The summed E-state index contributed by atoms with van der Waals surface area (Å²) in [5.74, 6) is 0.112. The summed E-state index contributed by atoms with van der Waals surface area (Å²) >= 11 is 1.50. The van der Waals surface area contributed by atoms with E-state index in [4.69, 9.17) is 15.2 Å². The van der Waals surface area contributed by atoms with Crippen molar-refractivity contribution in [2.24, 2.45) is 5.73 Å². The maximum Gasteiger partial charge on any atom is 0.255 e. The highest BCUT2D eigenvalue weighted by atomic mass is 32.1. The third kappa shape index (κ3) is 5.75. The van der Waals surface area contributed by atoms with Gasteiger partial charge in [0.1, 0.15) is 24.7 Å². The maximum absolute atomic E-state index is 12.9. The number of amides is 2. The molecule has 0 radical (unpaired) electrons. The summed E-state index contributed by atoms with van der Waals surface area (Å²) in [5, 5.41) is 4.81. The Labute approximate surface area is 194 Å². The van der Waals surface area contributed by atoms with E-state index in [0.29, 0.717) is 34.9 Å². The van der Waals surface area contributed by atoms with E-state index in [1.807, 2.05) is 23.6 Å². The molecule has 4 rings (SSSR count). The summed E-state index contributed by atoms with van der Waals surface area (Å²) in [7, 11) is 0. The zero-order chi connectivity index (χ0) is 23.0. The number of anilines is 1. The van der Waals surface area contributed by atoms with Gasteiger partial charge in [-0.05, 0) is 42.0 Å². The monoisotopic (exact) mass is 459 g/mol. The van der Waals surface area contributed by atoms with E-state index in [0.717, 1.165) is 11.3 Å². The van der Waals surface area contributed by atoms with Crippen LogP contribution in [0.5, 0.6) is 11.5 Å². The van der Waals surface area contributed by atoms with Gasteiger partial charge in [0.2, 0.25) is 0 Å². The highest BCUT2D eigenvalue weighted by Crippen LogP contribution is 2.26. The van der Waals surface area contributed by atoms with Gasteiger partial charge in [0.05, 0.1) is 22.5 Å². The third-order valence-electron chi connectivity index (χ3n) is 4.73. The molecule has 7 nitrogen and oxygen atoms in total. The Hall–Kier alpha value is -4.17. The second kappa shape index (κ2) is 10.4. The Bertz CT molecular complexity index is 1260. The quantitative estimate of drug-likeness (QED) is 0.379. The topological polar surface area (TPSA) is 104 Å². The van der Waals surface area contributed by atoms with Crippen molar-refractivity contribution < 1.29 is 19.1 Å². The van der Waals surface area contributed by atoms with Crippen molar-refractivity contribution in [3.63, 3.8) is 0 Å². The largest absolute Gasteiger partial charge is 0.488 e. The summed E-state index contributed by atoms with van der Waals surface area (Å²) in [5.41, 5.74) is 10.1. The molecule has 8 heteroatoms. The molecule has 0 aliphatic carbocycles. The van der Waals surface area contributed by atoms with Crippen LogP contribution in [0.3, 0.4) is 0 Å². The van der Waals surface area contributed by atoms with E-state index in [9.17, 15) is 9.59 Å². The Balaban J connectivity index is 1.43. The van der Waals surface area contributed by atoms with E-state index >= 15 is 0 Å². The molecule has 3 aromatic carbocycles. The van der Waals surface area contributed by atoms with Gasteiger partial charge in [0.25, 0.3) is 11.8 Å². The predicted molar refractivity (Wildman–Crippen MR) is 127 cm³/mol. The molecule has 0 spiro atoms. The zero-order valence-corrected chi connectivity index (χ0v) is 18.4. The number of benzene rings is 3. The molecule has 0 bridgehead atoms. The van der Waals surface area contributed by atoms with Crippen LogP contribution in [0.2, 0.25) is 0 Å². The van der Waals surface area contributed by atoms with Gasteiger partial charge in [-0.15, -0.1) is 11.3 Å². The molecule has 0 saturated carbocycles. The molecule has 3 N–H and O–H groups in total. The zero-order valence-electron chi connectivity index (χ0n) is 17.6. The molecule has 0 saturated heterocycles. The van der Waals surface area contributed by atoms with Gasteiger partial charge in [0.15, 0.2) is 0 Å². The van der Waals surface area contributed by atoms with Gasteiger partial charge in [-0.1, -0.05) is 36.4 Å². The number of carbonyl (C=O) groups excluding carboxylic acids is 2. The standard InChI is InChI=1S/C25H21N3O4S/c26-24(29)20-8-1-3-10-22(20)31-13-17-6-5-7-18(12-17)25(30)28-21-9-2-4-11-23(21)32-14-19-15-33-16-27-19/h1-12,15-16H,13-14H2,(H2,26,29)(H,28,30). The number of ether oxygens (including phenoxy) is 2. The predicted octanol–water partition coefficient (Wildman–Crippen LogP) is 4.65. The Morgan fingerprint density at radius 1 is 0.909 bits per heavy atom.